The number of alkyl carbamates (subject to hydrolysis) is 1. The molecule has 1 N–H and O–H groups in total. The number of amides is 1. The van der Waals surface area contributed by atoms with Crippen LogP contribution in [0.15, 0.2) is 60.7 Å². The van der Waals surface area contributed by atoms with Crippen molar-refractivity contribution >= 4 is 33.7 Å². The highest BCUT2D eigenvalue weighted by molar-refractivity contribution is 6.06. The van der Waals surface area contributed by atoms with E-state index in [2.05, 4.69) is 72.1 Å². The van der Waals surface area contributed by atoms with Gasteiger partial charge < -0.3 is 10.1 Å². The Balaban J connectivity index is 1.75. The number of carbonyl (C=O) groups is 1. The van der Waals surface area contributed by atoms with Crippen LogP contribution in [0.4, 0.5) is 4.79 Å². The fourth-order valence-corrected chi connectivity index (χ4v) is 3.00. The lowest BCUT2D eigenvalue weighted by Crippen LogP contribution is -2.32. The molecule has 0 aliphatic rings. The van der Waals surface area contributed by atoms with Gasteiger partial charge in [0.15, 0.2) is 0 Å². The molecule has 0 spiro atoms. The van der Waals surface area contributed by atoms with E-state index in [4.69, 9.17) is 4.74 Å². The first-order valence-electron chi connectivity index (χ1n) is 8.98. The van der Waals surface area contributed by atoms with Gasteiger partial charge in [-0.1, -0.05) is 60.7 Å². The standard InChI is InChI=1S/C23H25NO2/c1-23(2,3)26-22(25)24-15-9-8-14-21-19-12-6-4-10-17(19)16-18-11-5-7-13-20(18)21/h4-8,10-14,16H,9,15H2,1-3H3,(H,24,25). The van der Waals surface area contributed by atoms with E-state index in [-0.39, 0.29) is 6.09 Å². The van der Waals surface area contributed by atoms with Crippen LogP contribution in [-0.2, 0) is 4.74 Å². The molecule has 0 aliphatic carbocycles. The predicted molar refractivity (Wildman–Crippen MR) is 109 cm³/mol. The summed E-state index contributed by atoms with van der Waals surface area (Å²) < 4.78 is 5.24. The molecular weight excluding hydrogens is 322 g/mol. The number of hydrogen-bond donors (Lipinski definition) is 1. The quantitative estimate of drug-likeness (QED) is 0.470. The van der Waals surface area contributed by atoms with Gasteiger partial charge in [-0.15, -0.1) is 0 Å². The van der Waals surface area contributed by atoms with Crippen molar-refractivity contribution in [3.8, 4) is 0 Å². The maximum atomic E-state index is 11.7. The number of nitrogens with one attached hydrogen (secondary N) is 1. The summed E-state index contributed by atoms with van der Waals surface area (Å²) in [5.74, 6) is 0. The summed E-state index contributed by atoms with van der Waals surface area (Å²) in [7, 11) is 0. The zero-order valence-corrected chi connectivity index (χ0v) is 15.6. The van der Waals surface area contributed by atoms with E-state index >= 15 is 0 Å². The number of ether oxygens (including phenoxy) is 1. The van der Waals surface area contributed by atoms with Crippen LogP contribution in [0.2, 0.25) is 0 Å². The van der Waals surface area contributed by atoms with E-state index in [1.807, 2.05) is 20.8 Å². The summed E-state index contributed by atoms with van der Waals surface area (Å²) in [6, 6.07) is 19.1. The van der Waals surface area contributed by atoms with Crippen LogP contribution in [0, 0.1) is 0 Å². The molecule has 3 rings (SSSR count). The first-order chi connectivity index (χ1) is 12.4. The van der Waals surface area contributed by atoms with Crippen molar-refractivity contribution in [2.24, 2.45) is 0 Å². The number of fused-ring (bicyclic) bond motifs is 2. The predicted octanol–water partition coefficient (Wildman–Crippen LogP) is 5.92. The summed E-state index contributed by atoms with van der Waals surface area (Å²) in [6.45, 7) is 6.13. The molecule has 0 saturated carbocycles. The largest absolute Gasteiger partial charge is 0.444 e. The lowest BCUT2D eigenvalue weighted by molar-refractivity contribution is 0.0529. The fourth-order valence-electron chi connectivity index (χ4n) is 3.00. The zero-order valence-electron chi connectivity index (χ0n) is 15.6. The second-order valence-corrected chi connectivity index (χ2v) is 7.35. The Morgan fingerprint density at radius 3 is 2.15 bits per heavy atom. The second kappa shape index (κ2) is 7.61. The van der Waals surface area contributed by atoms with Crippen LogP contribution in [-0.4, -0.2) is 18.2 Å². The molecule has 0 fully saturated rings. The molecule has 0 aliphatic heterocycles. The number of benzene rings is 3. The van der Waals surface area contributed by atoms with Gasteiger partial charge in [0.1, 0.15) is 5.60 Å². The molecule has 0 atom stereocenters. The molecule has 0 radical (unpaired) electrons. The van der Waals surface area contributed by atoms with Gasteiger partial charge in [0.2, 0.25) is 0 Å². The summed E-state index contributed by atoms with van der Waals surface area (Å²) in [5.41, 5.74) is 0.748. The van der Waals surface area contributed by atoms with E-state index in [1.54, 1.807) is 0 Å². The monoisotopic (exact) mass is 347 g/mol. The molecule has 3 aromatic rings. The molecule has 3 nitrogen and oxygen atoms in total. The van der Waals surface area contributed by atoms with Crippen molar-refractivity contribution < 1.29 is 9.53 Å². The van der Waals surface area contributed by atoms with E-state index in [0.717, 1.165) is 6.42 Å². The number of rotatable bonds is 4. The van der Waals surface area contributed by atoms with Crippen LogP contribution in [0.25, 0.3) is 27.6 Å². The Kier molecular flexibility index (Phi) is 5.27. The Morgan fingerprint density at radius 2 is 1.58 bits per heavy atom. The maximum Gasteiger partial charge on any atom is 0.407 e. The molecular formula is C23H25NO2. The third kappa shape index (κ3) is 4.42. The highest BCUT2D eigenvalue weighted by atomic mass is 16.6. The Morgan fingerprint density at radius 1 is 1.00 bits per heavy atom. The van der Waals surface area contributed by atoms with Gasteiger partial charge in [0, 0.05) is 6.54 Å². The van der Waals surface area contributed by atoms with E-state index in [1.165, 1.54) is 27.1 Å². The number of carbonyl (C=O) groups excluding carboxylic acids is 1. The summed E-state index contributed by atoms with van der Waals surface area (Å²) >= 11 is 0. The van der Waals surface area contributed by atoms with Gasteiger partial charge in [-0.3, -0.25) is 0 Å². The van der Waals surface area contributed by atoms with Crippen molar-refractivity contribution in [1.82, 2.24) is 5.32 Å². The van der Waals surface area contributed by atoms with Gasteiger partial charge >= 0.3 is 6.09 Å². The lowest BCUT2D eigenvalue weighted by atomic mass is 9.96. The van der Waals surface area contributed by atoms with Gasteiger partial charge in [-0.2, -0.15) is 0 Å². The molecule has 1 amide bonds. The van der Waals surface area contributed by atoms with Crippen LogP contribution in [0.1, 0.15) is 32.8 Å². The van der Waals surface area contributed by atoms with Gasteiger partial charge in [0.05, 0.1) is 0 Å². The average Bonchev–Trinajstić information content (AvgIpc) is 2.59. The van der Waals surface area contributed by atoms with Crippen LogP contribution in [0.3, 0.4) is 0 Å². The van der Waals surface area contributed by atoms with Crippen LogP contribution >= 0.6 is 0 Å². The Hall–Kier alpha value is -2.81. The minimum atomic E-state index is -0.470. The third-order valence-electron chi connectivity index (χ3n) is 4.08. The number of hydrogen-bond acceptors (Lipinski definition) is 2. The highest BCUT2D eigenvalue weighted by Gasteiger charge is 2.15. The van der Waals surface area contributed by atoms with Gasteiger partial charge in [0.25, 0.3) is 0 Å². The van der Waals surface area contributed by atoms with Gasteiger partial charge in [-0.05, 0) is 60.4 Å². The maximum absolute atomic E-state index is 11.7. The van der Waals surface area contributed by atoms with E-state index in [9.17, 15) is 4.79 Å². The van der Waals surface area contributed by atoms with Crippen molar-refractivity contribution in [2.75, 3.05) is 6.54 Å². The summed E-state index contributed by atoms with van der Waals surface area (Å²) in [4.78, 5) is 11.7. The molecule has 0 saturated heterocycles. The summed E-state index contributed by atoms with van der Waals surface area (Å²) in [5, 5.41) is 7.73. The molecule has 3 aromatic carbocycles. The minimum absolute atomic E-state index is 0.374. The molecule has 0 unspecified atom stereocenters. The van der Waals surface area contributed by atoms with Crippen molar-refractivity contribution in [1.29, 1.82) is 0 Å². The average molecular weight is 347 g/mol. The minimum Gasteiger partial charge on any atom is -0.444 e. The second-order valence-electron chi connectivity index (χ2n) is 7.35. The van der Waals surface area contributed by atoms with Crippen molar-refractivity contribution in [2.45, 2.75) is 32.8 Å². The van der Waals surface area contributed by atoms with E-state index in [0.29, 0.717) is 6.54 Å². The summed E-state index contributed by atoms with van der Waals surface area (Å²) in [6.07, 6.45) is 4.63. The first-order valence-corrected chi connectivity index (χ1v) is 8.98. The normalized spacial score (nSPS) is 12.0. The molecule has 0 heterocycles. The highest BCUT2D eigenvalue weighted by Crippen LogP contribution is 2.29. The smallest absolute Gasteiger partial charge is 0.407 e. The van der Waals surface area contributed by atoms with E-state index < -0.39 is 5.60 Å². The Labute approximate surface area is 154 Å². The van der Waals surface area contributed by atoms with Crippen molar-refractivity contribution in [3.05, 3.63) is 66.2 Å². The molecule has 0 aromatic heterocycles. The topological polar surface area (TPSA) is 38.3 Å². The van der Waals surface area contributed by atoms with Gasteiger partial charge in [-0.25, -0.2) is 4.79 Å². The molecule has 0 bridgehead atoms. The molecule has 134 valence electrons. The lowest BCUT2D eigenvalue weighted by Gasteiger charge is -2.19. The third-order valence-corrected chi connectivity index (χ3v) is 4.08. The zero-order chi connectivity index (χ0) is 18.6. The Bertz CT molecular complexity index is 897. The van der Waals surface area contributed by atoms with Crippen LogP contribution < -0.4 is 5.32 Å². The molecule has 26 heavy (non-hydrogen) atoms. The van der Waals surface area contributed by atoms with Crippen molar-refractivity contribution in [3.63, 3.8) is 0 Å². The van der Waals surface area contributed by atoms with Crippen LogP contribution in [0.5, 0.6) is 0 Å². The fraction of sp³-hybridized carbons (Fsp3) is 0.261. The molecule has 3 heteroatoms. The first kappa shape index (κ1) is 18.0. The SMILES string of the molecule is CC(C)(C)OC(=O)NCCC=Cc1c2ccccc2cc2ccccc12.